The van der Waals surface area contributed by atoms with E-state index >= 15 is 0 Å². The maximum Gasteiger partial charge on any atom is 0.232 e. The zero-order valence-electron chi connectivity index (χ0n) is 15.8. The van der Waals surface area contributed by atoms with E-state index in [4.69, 9.17) is 0 Å². The summed E-state index contributed by atoms with van der Waals surface area (Å²) < 4.78 is 3.55. The first-order valence-corrected chi connectivity index (χ1v) is 8.98. The lowest BCUT2D eigenvalue weighted by Gasteiger charge is -2.36. The van der Waals surface area contributed by atoms with Crippen LogP contribution in [0.25, 0.3) is 0 Å². The third-order valence-electron chi connectivity index (χ3n) is 5.15. The van der Waals surface area contributed by atoms with Crippen LogP contribution in [-0.2, 0) is 11.8 Å². The molecule has 3 heterocycles. The van der Waals surface area contributed by atoms with Crippen molar-refractivity contribution in [3.8, 4) is 0 Å². The van der Waals surface area contributed by atoms with Gasteiger partial charge in [0.05, 0.1) is 17.7 Å². The summed E-state index contributed by atoms with van der Waals surface area (Å²) in [6.45, 7) is 5.93. The zero-order valence-corrected chi connectivity index (χ0v) is 15.8. The van der Waals surface area contributed by atoms with Crippen LogP contribution in [0, 0.1) is 19.8 Å². The molecule has 3 atom stereocenters. The summed E-state index contributed by atoms with van der Waals surface area (Å²) in [4.78, 5) is 17.6. The zero-order chi connectivity index (χ0) is 19.1. The molecule has 8 heteroatoms. The number of carbonyl (C=O) groups excluding carboxylic acids is 1. The Bertz CT molecular complexity index is 990. The SMILES string of the molecule is Cc1ccccc1NC(=O)[C@@H]1[C@H](C)Nc2ncnn2[C@@H]1c1cn(C)nc1C. The van der Waals surface area contributed by atoms with E-state index in [9.17, 15) is 4.79 Å². The molecule has 1 amide bonds. The Hall–Kier alpha value is -3.16. The maximum atomic E-state index is 13.3. The Morgan fingerprint density at radius 3 is 2.74 bits per heavy atom. The van der Waals surface area contributed by atoms with Gasteiger partial charge in [0, 0.05) is 30.5 Å². The lowest BCUT2D eigenvalue weighted by molar-refractivity contribution is -0.121. The first-order valence-electron chi connectivity index (χ1n) is 8.98. The molecular weight excluding hydrogens is 342 g/mol. The average molecular weight is 365 g/mol. The number of carbonyl (C=O) groups is 1. The molecule has 8 nitrogen and oxygen atoms in total. The number of para-hydroxylation sites is 1. The number of nitrogens with one attached hydrogen (secondary N) is 2. The summed E-state index contributed by atoms with van der Waals surface area (Å²) in [5, 5.41) is 15.2. The Morgan fingerprint density at radius 2 is 2.04 bits per heavy atom. The predicted octanol–water partition coefficient (Wildman–Crippen LogP) is 2.29. The molecule has 0 fully saturated rings. The van der Waals surface area contributed by atoms with E-state index in [0.29, 0.717) is 5.95 Å². The standard InChI is InChI=1S/C19H23N7O/c1-11-7-5-6-8-15(11)23-18(27)16-13(3)22-19-20-10-21-26(19)17(16)14-9-25(4)24-12(14)2/h5-10,13,16-17H,1-4H3,(H,23,27)(H,20,21,22)/t13-,16+,17+/m0/s1. The minimum atomic E-state index is -0.373. The van der Waals surface area contributed by atoms with Gasteiger partial charge < -0.3 is 10.6 Å². The van der Waals surface area contributed by atoms with E-state index < -0.39 is 0 Å². The smallest absolute Gasteiger partial charge is 0.232 e. The summed E-state index contributed by atoms with van der Waals surface area (Å²) in [5.74, 6) is 0.233. The summed E-state index contributed by atoms with van der Waals surface area (Å²) in [7, 11) is 1.88. The minimum absolute atomic E-state index is 0.0568. The second-order valence-corrected chi connectivity index (χ2v) is 7.08. The topological polar surface area (TPSA) is 89.7 Å². The van der Waals surface area contributed by atoms with Crippen molar-refractivity contribution >= 4 is 17.5 Å². The fraction of sp³-hybridized carbons (Fsp3) is 0.368. The van der Waals surface area contributed by atoms with Crippen LogP contribution in [0.4, 0.5) is 11.6 Å². The quantitative estimate of drug-likeness (QED) is 0.743. The summed E-state index contributed by atoms with van der Waals surface area (Å²) >= 11 is 0. The van der Waals surface area contributed by atoms with Crippen LogP contribution in [0.3, 0.4) is 0 Å². The fourth-order valence-electron chi connectivity index (χ4n) is 3.81. The first kappa shape index (κ1) is 17.3. The molecule has 0 bridgehead atoms. The van der Waals surface area contributed by atoms with Crippen LogP contribution >= 0.6 is 0 Å². The highest BCUT2D eigenvalue weighted by Crippen LogP contribution is 2.37. The van der Waals surface area contributed by atoms with Crippen molar-refractivity contribution in [3.05, 3.63) is 53.6 Å². The van der Waals surface area contributed by atoms with Gasteiger partial charge in [-0.1, -0.05) is 18.2 Å². The number of benzene rings is 1. The van der Waals surface area contributed by atoms with E-state index in [-0.39, 0.29) is 23.9 Å². The van der Waals surface area contributed by atoms with Crippen molar-refractivity contribution in [3.63, 3.8) is 0 Å². The van der Waals surface area contributed by atoms with E-state index in [2.05, 4.69) is 25.8 Å². The van der Waals surface area contributed by atoms with Crippen LogP contribution in [-0.4, -0.2) is 36.5 Å². The van der Waals surface area contributed by atoms with Gasteiger partial charge in [0.25, 0.3) is 0 Å². The molecule has 1 aliphatic rings. The van der Waals surface area contributed by atoms with Gasteiger partial charge in [-0.3, -0.25) is 9.48 Å². The molecule has 27 heavy (non-hydrogen) atoms. The third kappa shape index (κ3) is 2.97. The van der Waals surface area contributed by atoms with Crippen molar-refractivity contribution in [1.29, 1.82) is 0 Å². The molecule has 0 saturated heterocycles. The highest BCUT2D eigenvalue weighted by molar-refractivity contribution is 5.94. The lowest BCUT2D eigenvalue weighted by Crippen LogP contribution is -2.46. The highest BCUT2D eigenvalue weighted by Gasteiger charge is 2.42. The molecule has 0 radical (unpaired) electrons. The number of hydrogen-bond acceptors (Lipinski definition) is 5. The molecule has 0 spiro atoms. The second kappa shape index (κ2) is 6.53. The number of aromatic nitrogens is 5. The van der Waals surface area contributed by atoms with E-state index in [1.54, 1.807) is 9.36 Å². The minimum Gasteiger partial charge on any atom is -0.351 e. The molecule has 0 aliphatic carbocycles. The van der Waals surface area contributed by atoms with Crippen molar-refractivity contribution < 1.29 is 4.79 Å². The molecule has 2 aromatic heterocycles. The van der Waals surface area contributed by atoms with Gasteiger partial charge in [0.1, 0.15) is 6.33 Å². The average Bonchev–Trinajstić information content (AvgIpc) is 3.21. The van der Waals surface area contributed by atoms with Crippen LogP contribution < -0.4 is 10.6 Å². The number of hydrogen-bond donors (Lipinski definition) is 2. The van der Waals surface area contributed by atoms with Crippen molar-refractivity contribution in [2.24, 2.45) is 13.0 Å². The van der Waals surface area contributed by atoms with Crippen LogP contribution in [0.15, 0.2) is 36.8 Å². The van der Waals surface area contributed by atoms with E-state index in [1.165, 1.54) is 6.33 Å². The van der Waals surface area contributed by atoms with E-state index in [1.807, 2.05) is 58.3 Å². The maximum absolute atomic E-state index is 13.3. The molecule has 140 valence electrons. The molecule has 3 aromatic rings. The Balaban J connectivity index is 1.76. The van der Waals surface area contributed by atoms with Gasteiger partial charge >= 0.3 is 0 Å². The number of rotatable bonds is 3. The Morgan fingerprint density at radius 1 is 1.26 bits per heavy atom. The molecular formula is C19H23N7O. The van der Waals surface area contributed by atoms with Crippen molar-refractivity contribution in [2.75, 3.05) is 10.6 Å². The first-order chi connectivity index (χ1) is 13.0. The molecule has 1 aromatic carbocycles. The van der Waals surface area contributed by atoms with Gasteiger partial charge in [0.15, 0.2) is 0 Å². The fourth-order valence-corrected chi connectivity index (χ4v) is 3.81. The largest absolute Gasteiger partial charge is 0.351 e. The summed E-state index contributed by atoms with van der Waals surface area (Å²) in [5.41, 5.74) is 3.70. The van der Waals surface area contributed by atoms with Gasteiger partial charge in [-0.25, -0.2) is 4.68 Å². The molecule has 2 N–H and O–H groups in total. The number of anilines is 2. The molecule has 0 saturated carbocycles. The molecule has 1 aliphatic heterocycles. The predicted molar refractivity (Wildman–Crippen MR) is 102 cm³/mol. The second-order valence-electron chi connectivity index (χ2n) is 7.08. The lowest BCUT2D eigenvalue weighted by atomic mass is 9.85. The normalized spacial score (nSPS) is 21.4. The van der Waals surface area contributed by atoms with Crippen LogP contribution in [0.2, 0.25) is 0 Å². The number of nitrogens with zero attached hydrogens (tertiary/aromatic N) is 5. The van der Waals surface area contributed by atoms with Gasteiger partial charge in [-0.05, 0) is 32.4 Å². The summed E-state index contributed by atoms with van der Waals surface area (Å²) in [6.07, 6.45) is 3.47. The molecule has 4 rings (SSSR count). The van der Waals surface area contributed by atoms with Gasteiger partial charge in [-0.2, -0.15) is 15.2 Å². The number of amides is 1. The monoisotopic (exact) mass is 365 g/mol. The third-order valence-corrected chi connectivity index (χ3v) is 5.15. The van der Waals surface area contributed by atoms with Gasteiger partial charge in [0.2, 0.25) is 11.9 Å². The Kier molecular flexibility index (Phi) is 4.18. The number of fused-ring (bicyclic) bond motifs is 1. The highest BCUT2D eigenvalue weighted by atomic mass is 16.2. The van der Waals surface area contributed by atoms with Crippen molar-refractivity contribution in [2.45, 2.75) is 32.9 Å². The summed E-state index contributed by atoms with van der Waals surface area (Å²) in [6, 6.07) is 7.38. The van der Waals surface area contributed by atoms with Crippen molar-refractivity contribution in [1.82, 2.24) is 24.5 Å². The molecule has 0 unspecified atom stereocenters. The van der Waals surface area contributed by atoms with E-state index in [0.717, 1.165) is 22.5 Å². The Labute approximate surface area is 157 Å². The van der Waals surface area contributed by atoms with Crippen LogP contribution in [0.1, 0.15) is 29.8 Å². The van der Waals surface area contributed by atoms with Crippen LogP contribution in [0.5, 0.6) is 0 Å². The van der Waals surface area contributed by atoms with Gasteiger partial charge in [-0.15, -0.1) is 0 Å². The number of aryl methyl sites for hydroxylation is 3.